The van der Waals surface area contributed by atoms with E-state index in [-0.39, 0.29) is 12.5 Å². The van der Waals surface area contributed by atoms with Gasteiger partial charge in [0.2, 0.25) is 5.91 Å². The van der Waals surface area contributed by atoms with Crippen molar-refractivity contribution in [2.75, 3.05) is 31.6 Å². The van der Waals surface area contributed by atoms with E-state index in [1.807, 2.05) is 24.6 Å². The summed E-state index contributed by atoms with van der Waals surface area (Å²) in [5, 5.41) is 21.8. The Bertz CT molecular complexity index is 1340. The number of benzene rings is 2. The molecule has 3 aromatic rings. The molecule has 1 aliphatic rings. The van der Waals surface area contributed by atoms with Gasteiger partial charge < -0.3 is 20.5 Å². The van der Waals surface area contributed by atoms with Crippen LogP contribution in [0.5, 0.6) is 0 Å². The van der Waals surface area contributed by atoms with Crippen LogP contribution in [0.2, 0.25) is 0 Å². The van der Waals surface area contributed by atoms with Gasteiger partial charge in [-0.15, -0.1) is 0 Å². The molecule has 234 valence electrons. The molecule has 0 aliphatic carbocycles. The number of imidazole rings is 1. The molecule has 1 aliphatic heterocycles. The monoisotopic (exact) mass is 623 g/mol. The lowest BCUT2D eigenvalue weighted by molar-refractivity contribution is -0.192. The highest BCUT2D eigenvalue weighted by molar-refractivity contribution is 7.98. The number of nitrogens with zero attached hydrogens (tertiary/aromatic N) is 3. The molecule has 2 atom stereocenters. The zero-order valence-corrected chi connectivity index (χ0v) is 24.5. The van der Waals surface area contributed by atoms with Gasteiger partial charge in [-0.3, -0.25) is 14.6 Å². The highest BCUT2D eigenvalue weighted by Crippen LogP contribution is 2.24. The van der Waals surface area contributed by atoms with Crippen molar-refractivity contribution in [2.24, 2.45) is 0 Å². The van der Waals surface area contributed by atoms with E-state index in [1.54, 1.807) is 18.1 Å². The number of hydrogen-bond acceptors (Lipinski definition) is 7. The number of rotatable bonds is 13. The summed E-state index contributed by atoms with van der Waals surface area (Å²) in [6.07, 6.45) is 3.06. The molecule has 2 heterocycles. The summed E-state index contributed by atoms with van der Waals surface area (Å²) in [5.74, 6) is -3.31. The number of aromatic amines is 1. The molecule has 14 heteroatoms. The van der Waals surface area contributed by atoms with E-state index in [0.29, 0.717) is 24.8 Å². The maximum absolute atomic E-state index is 13.0. The molecule has 1 saturated heterocycles. The molecule has 1 amide bonds. The zero-order valence-electron chi connectivity index (χ0n) is 23.7. The molecule has 10 nitrogen and oxygen atoms in total. The Morgan fingerprint density at radius 3 is 2.56 bits per heavy atom. The van der Waals surface area contributed by atoms with Gasteiger partial charge in [0.05, 0.1) is 18.6 Å². The number of amides is 1. The van der Waals surface area contributed by atoms with Gasteiger partial charge in [0.25, 0.3) is 0 Å². The summed E-state index contributed by atoms with van der Waals surface area (Å²) in [6.45, 7) is 3.27. The lowest BCUT2D eigenvalue weighted by Crippen LogP contribution is -2.48. The van der Waals surface area contributed by atoms with Gasteiger partial charge in [0, 0.05) is 31.9 Å². The van der Waals surface area contributed by atoms with Crippen LogP contribution in [0.4, 0.5) is 13.2 Å². The van der Waals surface area contributed by atoms with Crippen LogP contribution in [0.1, 0.15) is 30.5 Å². The Morgan fingerprint density at radius 2 is 1.91 bits per heavy atom. The van der Waals surface area contributed by atoms with Crippen molar-refractivity contribution in [3.05, 3.63) is 66.2 Å². The number of carboxylic acids is 2. The van der Waals surface area contributed by atoms with Crippen molar-refractivity contribution < 1.29 is 37.8 Å². The number of nitrogens with one attached hydrogen (secondary N) is 2. The molecular weight excluding hydrogens is 587 g/mol. The Hall–Kier alpha value is -3.62. The molecule has 0 unspecified atom stereocenters. The second kappa shape index (κ2) is 16.3. The van der Waals surface area contributed by atoms with Crippen molar-refractivity contribution in [3.8, 4) is 0 Å². The standard InChI is InChI=1S/C27H35N5O3S.C2HF3O2/c1-36-13-11-25(27(34)35)30-26(33)18-31(15-21-8-4-7-20-6-2-3-10-24(20)21)17-23-9-5-12-32(23)16-22-14-28-19-29-22;3-2(4,5)1(6)7/h2-4,6-8,10,14,19,23,25H,5,9,11-13,15-18H2,1H3,(H,28,29)(H,30,33)(H,34,35);(H,6,7)/t23-,25-;/m0./s1. The number of alkyl halides is 3. The smallest absolute Gasteiger partial charge is 0.480 e. The first-order chi connectivity index (χ1) is 20.5. The second-order valence-electron chi connectivity index (χ2n) is 10.2. The van der Waals surface area contributed by atoms with Crippen molar-refractivity contribution in [1.29, 1.82) is 0 Å². The number of likely N-dealkylation sites (tertiary alicyclic amines) is 1. The Balaban J connectivity index is 0.000000646. The SMILES string of the molecule is CSCC[C@H](NC(=O)CN(Cc1cccc2ccccc12)C[C@@H]1CCCN1Cc1c[nH]cn1)C(=O)O.O=C(O)C(F)(F)F. The fourth-order valence-electron chi connectivity index (χ4n) is 4.99. The van der Waals surface area contributed by atoms with Crippen molar-refractivity contribution in [1.82, 2.24) is 25.1 Å². The maximum Gasteiger partial charge on any atom is 0.490 e. The van der Waals surface area contributed by atoms with Crippen LogP contribution in [-0.4, -0.2) is 97.7 Å². The predicted octanol–water partition coefficient (Wildman–Crippen LogP) is 3.99. The van der Waals surface area contributed by atoms with Crippen LogP contribution in [0, 0.1) is 0 Å². The lowest BCUT2D eigenvalue weighted by Gasteiger charge is -2.31. The largest absolute Gasteiger partial charge is 0.490 e. The van der Waals surface area contributed by atoms with Gasteiger partial charge in [0.1, 0.15) is 6.04 Å². The Kier molecular flexibility index (Phi) is 12.8. The first-order valence-electron chi connectivity index (χ1n) is 13.7. The minimum absolute atomic E-state index is 0.152. The molecule has 0 saturated carbocycles. The highest BCUT2D eigenvalue weighted by atomic mass is 32.2. The van der Waals surface area contributed by atoms with Gasteiger partial charge in [-0.2, -0.15) is 24.9 Å². The molecule has 4 rings (SSSR count). The van der Waals surface area contributed by atoms with Crippen molar-refractivity contribution >= 4 is 40.4 Å². The Labute approximate surface area is 251 Å². The molecule has 2 aromatic carbocycles. The number of H-pyrrole nitrogens is 1. The van der Waals surface area contributed by atoms with Gasteiger partial charge in [-0.05, 0) is 54.2 Å². The summed E-state index contributed by atoms with van der Waals surface area (Å²) in [5.41, 5.74) is 2.17. The third-order valence-corrected chi connectivity index (χ3v) is 7.66. The van der Waals surface area contributed by atoms with Gasteiger partial charge >= 0.3 is 18.1 Å². The van der Waals surface area contributed by atoms with E-state index in [9.17, 15) is 27.9 Å². The number of thioether (sulfide) groups is 1. The van der Waals surface area contributed by atoms with E-state index in [0.717, 1.165) is 43.7 Å². The van der Waals surface area contributed by atoms with Crippen LogP contribution in [0.3, 0.4) is 0 Å². The maximum atomic E-state index is 13.0. The number of aliphatic carboxylic acids is 2. The van der Waals surface area contributed by atoms with E-state index in [1.165, 1.54) is 10.8 Å². The first kappa shape index (κ1) is 33.9. The predicted molar refractivity (Wildman–Crippen MR) is 158 cm³/mol. The number of hydrogen-bond donors (Lipinski definition) is 4. The van der Waals surface area contributed by atoms with Crippen LogP contribution >= 0.6 is 11.8 Å². The van der Waals surface area contributed by atoms with Crippen LogP contribution < -0.4 is 5.32 Å². The van der Waals surface area contributed by atoms with Crippen LogP contribution in [-0.2, 0) is 27.5 Å². The first-order valence-corrected chi connectivity index (χ1v) is 15.1. The number of carbonyl (C=O) groups excluding carboxylic acids is 1. The summed E-state index contributed by atoms with van der Waals surface area (Å²) in [6, 6.07) is 14.0. The minimum Gasteiger partial charge on any atom is -0.480 e. The van der Waals surface area contributed by atoms with Crippen LogP contribution in [0.25, 0.3) is 10.8 Å². The fourth-order valence-corrected chi connectivity index (χ4v) is 5.46. The van der Waals surface area contributed by atoms with E-state index >= 15 is 0 Å². The lowest BCUT2D eigenvalue weighted by atomic mass is 10.0. The average Bonchev–Trinajstić information content (AvgIpc) is 3.63. The third kappa shape index (κ3) is 10.9. The zero-order chi connectivity index (χ0) is 31.4. The molecule has 1 fully saturated rings. The average molecular weight is 624 g/mol. The Morgan fingerprint density at radius 1 is 1.19 bits per heavy atom. The van der Waals surface area contributed by atoms with Crippen molar-refractivity contribution in [2.45, 2.75) is 50.6 Å². The van der Waals surface area contributed by atoms with Crippen molar-refractivity contribution in [3.63, 3.8) is 0 Å². The van der Waals surface area contributed by atoms with E-state index < -0.39 is 24.2 Å². The summed E-state index contributed by atoms with van der Waals surface area (Å²) in [7, 11) is 0. The highest BCUT2D eigenvalue weighted by Gasteiger charge is 2.38. The molecule has 0 spiro atoms. The second-order valence-corrected chi connectivity index (χ2v) is 11.2. The molecule has 1 aromatic heterocycles. The van der Waals surface area contributed by atoms with Crippen LogP contribution in [0.15, 0.2) is 55.0 Å². The number of aromatic nitrogens is 2. The molecule has 4 N–H and O–H groups in total. The minimum atomic E-state index is -5.08. The fraction of sp³-hybridized carbons (Fsp3) is 0.448. The number of fused-ring (bicyclic) bond motifs is 1. The van der Waals surface area contributed by atoms with E-state index in [4.69, 9.17) is 9.90 Å². The summed E-state index contributed by atoms with van der Waals surface area (Å²) >= 11 is 1.58. The number of carbonyl (C=O) groups is 3. The molecule has 0 radical (unpaired) electrons. The number of carboxylic acid groups (broad SMARTS) is 2. The topological polar surface area (TPSA) is 139 Å². The summed E-state index contributed by atoms with van der Waals surface area (Å²) < 4.78 is 31.7. The van der Waals surface area contributed by atoms with Gasteiger partial charge in [-0.25, -0.2) is 14.6 Å². The van der Waals surface area contributed by atoms with Gasteiger partial charge in [-0.1, -0.05) is 42.5 Å². The third-order valence-electron chi connectivity index (χ3n) is 7.02. The van der Waals surface area contributed by atoms with E-state index in [2.05, 4.69) is 55.4 Å². The number of halogens is 3. The quantitative estimate of drug-likeness (QED) is 0.223. The van der Waals surface area contributed by atoms with Gasteiger partial charge in [0.15, 0.2) is 0 Å². The molecule has 43 heavy (non-hydrogen) atoms. The summed E-state index contributed by atoms with van der Waals surface area (Å²) in [4.78, 5) is 45.6. The molecular formula is C29H36F3N5O5S. The molecule has 0 bridgehead atoms. The normalized spacial score (nSPS) is 16.1.